The van der Waals surface area contributed by atoms with Crippen LogP contribution in [0.3, 0.4) is 0 Å². The molecule has 0 saturated carbocycles. The van der Waals surface area contributed by atoms with Crippen molar-refractivity contribution in [1.82, 2.24) is 0 Å². The quantitative estimate of drug-likeness (QED) is 0.650. The predicted octanol–water partition coefficient (Wildman–Crippen LogP) is 1.41. The van der Waals surface area contributed by atoms with Gasteiger partial charge in [-0.2, -0.15) is 0 Å². The van der Waals surface area contributed by atoms with Crippen molar-refractivity contribution in [2.75, 3.05) is 0 Å². The van der Waals surface area contributed by atoms with Crippen molar-refractivity contribution in [3.63, 3.8) is 0 Å². The molecular weight excluding hydrogens is 124 g/mol. The smallest absolute Gasteiger partial charge is 0.0552 e. The molecule has 1 aromatic carbocycles. The van der Waals surface area contributed by atoms with Gasteiger partial charge in [0.05, 0.1) is 6.10 Å². The highest BCUT2D eigenvalue weighted by Crippen LogP contribution is 2.00. The number of hydrogen-bond acceptors (Lipinski definition) is 1. The van der Waals surface area contributed by atoms with E-state index in [0.717, 1.165) is 5.56 Å². The first-order chi connectivity index (χ1) is 4.79. The Morgan fingerprint density at radius 2 is 2.40 bits per heavy atom. The van der Waals surface area contributed by atoms with Crippen LogP contribution in [0.5, 0.6) is 0 Å². The largest absolute Gasteiger partial charge is 0.393 e. The lowest BCUT2D eigenvalue weighted by Crippen LogP contribution is -2.03. The Bertz CT molecular complexity index is 179. The van der Waals surface area contributed by atoms with Gasteiger partial charge >= 0.3 is 0 Å². The molecule has 1 radical (unpaired) electrons. The summed E-state index contributed by atoms with van der Waals surface area (Å²) in [7, 11) is 0. The highest BCUT2D eigenvalue weighted by Gasteiger charge is 1.95. The maximum atomic E-state index is 8.99. The molecule has 0 saturated heterocycles. The second-order valence-corrected chi connectivity index (χ2v) is 2.44. The lowest BCUT2D eigenvalue weighted by atomic mass is 10.1. The summed E-state index contributed by atoms with van der Waals surface area (Å²) in [5.41, 5.74) is 1.07. The SMILES string of the molecule is C[C@@H](O)Cc1[c]cccc1. The number of aliphatic hydroxyl groups excluding tert-OH is 1. The minimum absolute atomic E-state index is 0.265. The molecule has 0 aliphatic heterocycles. The summed E-state index contributed by atoms with van der Waals surface area (Å²) >= 11 is 0. The monoisotopic (exact) mass is 135 g/mol. The Kier molecular flexibility index (Phi) is 2.46. The van der Waals surface area contributed by atoms with Crippen molar-refractivity contribution in [2.24, 2.45) is 0 Å². The minimum atomic E-state index is -0.265. The first-order valence-corrected chi connectivity index (χ1v) is 3.42. The third-order valence-electron chi connectivity index (χ3n) is 1.29. The van der Waals surface area contributed by atoms with E-state index < -0.39 is 0 Å². The van der Waals surface area contributed by atoms with Gasteiger partial charge in [-0.15, -0.1) is 0 Å². The van der Waals surface area contributed by atoms with Crippen molar-refractivity contribution in [3.05, 3.63) is 35.9 Å². The zero-order valence-corrected chi connectivity index (χ0v) is 6.04. The molecule has 0 fully saturated rings. The zero-order chi connectivity index (χ0) is 7.40. The summed E-state index contributed by atoms with van der Waals surface area (Å²) in [5.74, 6) is 0. The van der Waals surface area contributed by atoms with E-state index in [9.17, 15) is 0 Å². The molecule has 10 heavy (non-hydrogen) atoms. The van der Waals surface area contributed by atoms with Crippen LogP contribution in [-0.4, -0.2) is 11.2 Å². The highest BCUT2D eigenvalue weighted by molar-refractivity contribution is 5.13. The van der Waals surface area contributed by atoms with E-state index in [-0.39, 0.29) is 6.10 Å². The van der Waals surface area contributed by atoms with Gasteiger partial charge in [-0.05, 0) is 25.0 Å². The van der Waals surface area contributed by atoms with E-state index in [1.54, 1.807) is 6.92 Å². The maximum absolute atomic E-state index is 8.99. The number of rotatable bonds is 2. The summed E-state index contributed by atoms with van der Waals surface area (Å²) in [6.45, 7) is 1.78. The van der Waals surface area contributed by atoms with Crippen LogP contribution in [0.4, 0.5) is 0 Å². The van der Waals surface area contributed by atoms with Crippen LogP contribution in [0, 0.1) is 6.07 Å². The number of benzene rings is 1. The van der Waals surface area contributed by atoms with Gasteiger partial charge in [0, 0.05) is 0 Å². The Morgan fingerprint density at radius 3 is 2.90 bits per heavy atom. The van der Waals surface area contributed by atoms with E-state index in [1.807, 2.05) is 24.3 Å². The van der Waals surface area contributed by atoms with E-state index in [0.29, 0.717) is 6.42 Å². The Labute approximate surface area is 61.3 Å². The van der Waals surface area contributed by atoms with Crippen LogP contribution < -0.4 is 0 Å². The summed E-state index contributed by atoms with van der Waals surface area (Å²) in [5, 5.41) is 8.99. The molecular formula is C9H11O. The first kappa shape index (κ1) is 7.29. The third kappa shape index (κ3) is 2.19. The van der Waals surface area contributed by atoms with Crippen molar-refractivity contribution >= 4 is 0 Å². The molecule has 0 unspecified atom stereocenters. The van der Waals surface area contributed by atoms with Crippen molar-refractivity contribution in [2.45, 2.75) is 19.4 Å². The minimum Gasteiger partial charge on any atom is -0.393 e. The maximum Gasteiger partial charge on any atom is 0.0552 e. The topological polar surface area (TPSA) is 20.2 Å². The van der Waals surface area contributed by atoms with Gasteiger partial charge in [0.25, 0.3) is 0 Å². The van der Waals surface area contributed by atoms with Crippen LogP contribution in [0.15, 0.2) is 24.3 Å². The lowest BCUT2D eigenvalue weighted by Gasteiger charge is -2.01. The Morgan fingerprint density at radius 1 is 1.60 bits per heavy atom. The molecule has 1 nitrogen and oxygen atoms in total. The highest BCUT2D eigenvalue weighted by atomic mass is 16.3. The van der Waals surface area contributed by atoms with Gasteiger partial charge in [-0.25, -0.2) is 0 Å². The molecule has 0 bridgehead atoms. The van der Waals surface area contributed by atoms with Crippen molar-refractivity contribution < 1.29 is 5.11 Å². The van der Waals surface area contributed by atoms with Crippen molar-refractivity contribution in [1.29, 1.82) is 0 Å². The van der Waals surface area contributed by atoms with Gasteiger partial charge in [0.1, 0.15) is 0 Å². The summed E-state index contributed by atoms with van der Waals surface area (Å²) in [4.78, 5) is 0. The molecule has 1 heteroatoms. The molecule has 53 valence electrons. The Balaban J connectivity index is 2.59. The fourth-order valence-corrected chi connectivity index (χ4v) is 0.876. The summed E-state index contributed by atoms with van der Waals surface area (Å²) < 4.78 is 0. The molecule has 0 aliphatic rings. The molecule has 0 spiro atoms. The summed E-state index contributed by atoms with van der Waals surface area (Å²) in [6, 6.07) is 10.7. The van der Waals surface area contributed by atoms with Crippen LogP contribution in [-0.2, 0) is 6.42 Å². The van der Waals surface area contributed by atoms with E-state index >= 15 is 0 Å². The van der Waals surface area contributed by atoms with Gasteiger partial charge < -0.3 is 5.11 Å². The standard InChI is InChI=1S/C9H11O/c1-8(10)7-9-5-3-2-4-6-9/h2-5,8,10H,7H2,1H3/t8-/m1/s1. The fourth-order valence-electron chi connectivity index (χ4n) is 0.876. The number of aliphatic hydroxyl groups is 1. The van der Waals surface area contributed by atoms with Gasteiger partial charge in [-0.1, -0.05) is 24.3 Å². The second-order valence-electron chi connectivity index (χ2n) is 2.44. The average molecular weight is 135 g/mol. The predicted molar refractivity (Wildman–Crippen MR) is 40.7 cm³/mol. The molecule has 0 heterocycles. The zero-order valence-electron chi connectivity index (χ0n) is 6.04. The fraction of sp³-hybridized carbons (Fsp3) is 0.333. The van der Waals surface area contributed by atoms with E-state index in [1.165, 1.54) is 0 Å². The van der Waals surface area contributed by atoms with Crippen LogP contribution in [0.25, 0.3) is 0 Å². The van der Waals surface area contributed by atoms with Crippen molar-refractivity contribution in [3.8, 4) is 0 Å². The number of hydrogen-bond donors (Lipinski definition) is 1. The van der Waals surface area contributed by atoms with Gasteiger partial charge in [-0.3, -0.25) is 0 Å². The molecule has 1 rings (SSSR count). The Hall–Kier alpha value is -0.820. The van der Waals surface area contributed by atoms with Gasteiger partial charge in [0.2, 0.25) is 0 Å². The lowest BCUT2D eigenvalue weighted by molar-refractivity contribution is 0.195. The van der Waals surface area contributed by atoms with Crippen LogP contribution in [0.2, 0.25) is 0 Å². The van der Waals surface area contributed by atoms with E-state index in [4.69, 9.17) is 5.11 Å². The molecule has 1 aromatic rings. The molecule has 0 aromatic heterocycles. The average Bonchev–Trinajstić information content (AvgIpc) is 1.88. The summed E-state index contributed by atoms with van der Waals surface area (Å²) in [6.07, 6.45) is 0.430. The molecule has 0 amide bonds. The molecule has 1 N–H and O–H groups in total. The molecule has 0 aliphatic carbocycles. The third-order valence-corrected chi connectivity index (χ3v) is 1.29. The van der Waals surface area contributed by atoms with Crippen LogP contribution >= 0.6 is 0 Å². The van der Waals surface area contributed by atoms with E-state index in [2.05, 4.69) is 6.07 Å². The first-order valence-electron chi connectivity index (χ1n) is 3.42. The second kappa shape index (κ2) is 3.37. The van der Waals surface area contributed by atoms with Crippen LogP contribution in [0.1, 0.15) is 12.5 Å². The molecule has 1 atom stereocenters. The van der Waals surface area contributed by atoms with Gasteiger partial charge in [0.15, 0.2) is 0 Å². The normalized spacial score (nSPS) is 13.0.